The van der Waals surface area contributed by atoms with Crippen LogP contribution in [0, 0.1) is 0 Å². The Kier molecular flexibility index (Phi) is 7.71. The second-order valence-corrected chi connectivity index (χ2v) is 7.35. The van der Waals surface area contributed by atoms with Crippen molar-refractivity contribution in [3.63, 3.8) is 0 Å². The Morgan fingerprint density at radius 3 is 1.97 bits per heavy atom. The number of amides is 2. The molecule has 0 saturated carbocycles. The van der Waals surface area contributed by atoms with Gasteiger partial charge in [-0.05, 0) is 68.7 Å². The molecule has 1 saturated heterocycles. The molecule has 0 bridgehead atoms. The Bertz CT molecular complexity index is 825. The van der Waals surface area contributed by atoms with E-state index in [2.05, 4.69) is 5.32 Å². The molecule has 0 aliphatic carbocycles. The monoisotopic (exact) mass is 410 g/mol. The van der Waals surface area contributed by atoms with Gasteiger partial charge in [-0.15, -0.1) is 0 Å². The zero-order chi connectivity index (χ0) is 21.3. The van der Waals surface area contributed by atoms with Crippen LogP contribution in [0.1, 0.15) is 42.6 Å². The standard InChI is InChI=1S/C24H30N2O4/c1-3-29-21-9-5-18(6-10-21)17-23(27)25-20-13-15-26(16-14-20)24(28)19-7-11-22(12-8-19)30-4-2/h5-12,20H,3-4,13-17H2,1-2H3,(H,25,27). The highest BCUT2D eigenvalue weighted by molar-refractivity contribution is 5.94. The lowest BCUT2D eigenvalue weighted by atomic mass is 10.0. The van der Waals surface area contributed by atoms with E-state index < -0.39 is 0 Å². The van der Waals surface area contributed by atoms with E-state index in [0.717, 1.165) is 29.9 Å². The summed E-state index contributed by atoms with van der Waals surface area (Å²) in [6, 6.07) is 15.0. The van der Waals surface area contributed by atoms with Crippen molar-refractivity contribution < 1.29 is 19.1 Å². The van der Waals surface area contributed by atoms with Crippen molar-refractivity contribution in [3.8, 4) is 11.5 Å². The number of piperidine rings is 1. The first-order chi connectivity index (χ1) is 14.6. The van der Waals surface area contributed by atoms with E-state index in [0.29, 0.717) is 38.3 Å². The van der Waals surface area contributed by atoms with Gasteiger partial charge in [-0.2, -0.15) is 0 Å². The predicted molar refractivity (Wildman–Crippen MR) is 116 cm³/mol. The van der Waals surface area contributed by atoms with Crippen LogP contribution in [0.4, 0.5) is 0 Å². The lowest BCUT2D eigenvalue weighted by Gasteiger charge is -2.32. The van der Waals surface area contributed by atoms with E-state index in [1.165, 1.54) is 0 Å². The molecule has 6 heteroatoms. The minimum absolute atomic E-state index is 0.00968. The average molecular weight is 411 g/mol. The zero-order valence-corrected chi connectivity index (χ0v) is 17.7. The SMILES string of the molecule is CCOc1ccc(CC(=O)NC2CCN(C(=O)c3ccc(OCC)cc3)CC2)cc1. The minimum atomic E-state index is 0.00968. The van der Waals surface area contributed by atoms with Crippen LogP contribution >= 0.6 is 0 Å². The third-order valence-corrected chi connectivity index (χ3v) is 5.16. The van der Waals surface area contributed by atoms with Crippen LogP contribution in [0.5, 0.6) is 11.5 Å². The largest absolute Gasteiger partial charge is 0.494 e. The van der Waals surface area contributed by atoms with Crippen molar-refractivity contribution in [1.29, 1.82) is 0 Å². The summed E-state index contributed by atoms with van der Waals surface area (Å²) in [4.78, 5) is 26.9. The molecule has 3 rings (SSSR count). The van der Waals surface area contributed by atoms with Gasteiger partial charge in [0, 0.05) is 24.7 Å². The molecule has 0 radical (unpaired) electrons. The van der Waals surface area contributed by atoms with E-state index in [-0.39, 0.29) is 17.9 Å². The molecule has 30 heavy (non-hydrogen) atoms. The number of carbonyl (C=O) groups is 2. The van der Waals surface area contributed by atoms with E-state index >= 15 is 0 Å². The van der Waals surface area contributed by atoms with E-state index in [4.69, 9.17) is 9.47 Å². The first kappa shape index (κ1) is 21.7. The van der Waals surface area contributed by atoms with E-state index in [1.54, 1.807) is 12.1 Å². The van der Waals surface area contributed by atoms with E-state index in [1.807, 2.05) is 55.1 Å². The van der Waals surface area contributed by atoms with Crippen molar-refractivity contribution in [3.05, 3.63) is 59.7 Å². The second kappa shape index (κ2) is 10.7. The van der Waals surface area contributed by atoms with Crippen molar-refractivity contribution in [2.45, 2.75) is 39.2 Å². The molecule has 160 valence electrons. The smallest absolute Gasteiger partial charge is 0.253 e. The normalized spacial score (nSPS) is 14.3. The summed E-state index contributed by atoms with van der Waals surface area (Å²) in [6.07, 6.45) is 1.87. The van der Waals surface area contributed by atoms with Gasteiger partial charge in [0.1, 0.15) is 11.5 Å². The molecule has 1 N–H and O–H groups in total. The number of ether oxygens (including phenoxy) is 2. The van der Waals surface area contributed by atoms with Gasteiger partial charge in [0.25, 0.3) is 5.91 Å². The van der Waals surface area contributed by atoms with Crippen molar-refractivity contribution >= 4 is 11.8 Å². The molecular weight excluding hydrogens is 380 g/mol. The molecule has 0 unspecified atom stereocenters. The molecule has 2 amide bonds. The lowest BCUT2D eigenvalue weighted by Crippen LogP contribution is -2.46. The number of nitrogens with one attached hydrogen (secondary N) is 1. The van der Waals surface area contributed by atoms with Gasteiger partial charge in [0.15, 0.2) is 0 Å². The Labute approximate surface area is 178 Å². The molecular formula is C24H30N2O4. The number of nitrogens with zero attached hydrogens (tertiary/aromatic N) is 1. The van der Waals surface area contributed by atoms with Gasteiger partial charge in [0.2, 0.25) is 5.91 Å². The summed E-state index contributed by atoms with van der Waals surface area (Å²) in [5, 5.41) is 3.10. The molecule has 1 fully saturated rings. The summed E-state index contributed by atoms with van der Waals surface area (Å²) in [7, 11) is 0. The van der Waals surface area contributed by atoms with Crippen LogP contribution in [-0.4, -0.2) is 49.1 Å². The molecule has 1 heterocycles. The predicted octanol–water partition coefficient (Wildman–Crippen LogP) is 3.45. The Balaban J connectivity index is 1.44. The maximum atomic E-state index is 12.7. The molecule has 2 aromatic rings. The Morgan fingerprint density at radius 1 is 0.900 bits per heavy atom. The highest BCUT2D eigenvalue weighted by Gasteiger charge is 2.24. The van der Waals surface area contributed by atoms with Gasteiger partial charge in [-0.25, -0.2) is 0 Å². The summed E-state index contributed by atoms with van der Waals surface area (Å²) >= 11 is 0. The third kappa shape index (κ3) is 5.99. The highest BCUT2D eigenvalue weighted by Crippen LogP contribution is 2.18. The van der Waals surface area contributed by atoms with Crippen LogP contribution in [-0.2, 0) is 11.2 Å². The van der Waals surface area contributed by atoms with Gasteiger partial charge in [-0.3, -0.25) is 9.59 Å². The molecule has 0 atom stereocenters. The maximum Gasteiger partial charge on any atom is 0.253 e. The van der Waals surface area contributed by atoms with Gasteiger partial charge in [-0.1, -0.05) is 12.1 Å². The fourth-order valence-electron chi connectivity index (χ4n) is 3.60. The van der Waals surface area contributed by atoms with Crippen LogP contribution < -0.4 is 14.8 Å². The number of rotatable bonds is 8. The van der Waals surface area contributed by atoms with Gasteiger partial charge < -0.3 is 19.7 Å². The van der Waals surface area contributed by atoms with Crippen molar-refractivity contribution in [2.75, 3.05) is 26.3 Å². The van der Waals surface area contributed by atoms with E-state index in [9.17, 15) is 9.59 Å². The van der Waals surface area contributed by atoms with Crippen LogP contribution in [0.15, 0.2) is 48.5 Å². The fraction of sp³-hybridized carbons (Fsp3) is 0.417. The van der Waals surface area contributed by atoms with Gasteiger partial charge >= 0.3 is 0 Å². The number of hydrogen-bond donors (Lipinski definition) is 1. The number of carbonyl (C=O) groups excluding carboxylic acids is 2. The van der Waals surface area contributed by atoms with Gasteiger partial charge in [0.05, 0.1) is 19.6 Å². The Hall–Kier alpha value is -3.02. The number of benzene rings is 2. The van der Waals surface area contributed by atoms with Crippen LogP contribution in [0.25, 0.3) is 0 Å². The molecule has 1 aliphatic rings. The summed E-state index contributed by atoms with van der Waals surface area (Å²) < 4.78 is 10.9. The fourth-order valence-corrected chi connectivity index (χ4v) is 3.60. The van der Waals surface area contributed by atoms with Crippen molar-refractivity contribution in [1.82, 2.24) is 10.2 Å². The second-order valence-electron chi connectivity index (χ2n) is 7.35. The minimum Gasteiger partial charge on any atom is -0.494 e. The quantitative estimate of drug-likeness (QED) is 0.724. The molecule has 1 aliphatic heterocycles. The highest BCUT2D eigenvalue weighted by atomic mass is 16.5. The zero-order valence-electron chi connectivity index (χ0n) is 17.7. The molecule has 2 aromatic carbocycles. The number of hydrogen-bond acceptors (Lipinski definition) is 4. The Morgan fingerprint density at radius 2 is 1.43 bits per heavy atom. The van der Waals surface area contributed by atoms with Crippen LogP contribution in [0.3, 0.4) is 0 Å². The molecule has 6 nitrogen and oxygen atoms in total. The maximum absolute atomic E-state index is 12.7. The summed E-state index contributed by atoms with van der Waals surface area (Å²) in [6.45, 7) is 6.38. The first-order valence-electron chi connectivity index (χ1n) is 10.6. The lowest BCUT2D eigenvalue weighted by molar-refractivity contribution is -0.121. The average Bonchev–Trinajstić information content (AvgIpc) is 2.76. The van der Waals surface area contributed by atoms with Crippen LogP contribution in [0.2, 0.25) is 0 Å². The summed E-state index contributed by atoms with van der Waals surface area (Å²) in [5.74, 6) is 1.61. The topological polar surface area (TPSA) is 67.9 Å². The van der Waals surface area contributed by atoms with Crippen molar-refractivity contribution in [2.24, 2.45) is 0 Å². The number of likely N-dealkylation sites (tertiary alicyclic amines) is 1. The third-order valence-electron chi connectivity index (χ3n) is 5.16. The summed E-state index contributed by atoms with van der Waals surface area (Å²) in [5.41, 5.74) is 1.62. The molecule has 0 spiro atoms. The first-order valence-corrected chi connectivity index (χ1v) is 10.6. The molecule has 0 aromatic heterocycles.